The first-order valence-electron chi connectivity index (χ1n) is 6.45. The largest absolute Gasteiger partial charge is 0.397 e. The van der Waals surface area contributed by atoms with Crippen molar-refractivity contribution in [2.75, 3.05) is 11.1 Å². The fraction of sp³-hybridized carbons (Fsp3) is 0.188. The SMILES string of the molecule is Cc1cccc(SC(C)C(=O)Nc2ccccc2N)c1. The van der Waals surface area contributed by atoms with Gasteiger partial charge in [0.1, 0.15) is 0 Å². The van der Waals surface area contributed by atoms with E-state index in [-0.39, 0.29) is 11.2 Å². The lowest BCUT2D eigenvalue weighted by Crippen LogP contribution is -2.22. The summed E-state index contributed by atoms with van der Waals surface area (Å²) in [4.78, 5) is 13.3. The van der Waals surface area contributed by atoms with Crippen molar-refractivity contribution < 1.29 is 4.79 Å². The number of nitrogen functional groups attached to an aromatic ring is 1. The van der Waals surface area contributed by atoms with Crippen molar-refractivity contribution >= 4 is 29.0 Å². The van der Waals surface area contributed by atoms with Gasteiger partial charge in [-0.05, 0) is 38.1 Å². The molecule has 1 atom stereocenters. The van der Waals surface area contributed by atoms with E-state index in [4.69, 9.17) is 5.73 Å². The van der Waals surface area contributed by atoms with Crippen molar-refractivity contribution in [3.8, 4) is 0 Å². The van der Waals surface area contributed by atoms with Crippen LogP contribution < -0.4 is 11.1 Å². The van der Waals surface area contributed by atoms with Crippen LogP contribution in [0.1, 0.15) is 12.5 Å². The number of nitrogens with two attached hydrogens (primary N) is 1. The number of amides is 1. The lowest BCUT2D eigenvalue weighted by molar-refractivity contribution is -0.115. The highest BCUT2D eigenvalue weighted by Crippen LogP contribution is 2.25. The van der Waals surface area contributed by atoms with E-state index in [0.717, 1.165) is 4.90 Å². The summed E-state index contributed by atoms with van der Waals surface area (Å²) in [5.41, 5.74) is 8.25. The number of carbonyl (C=O) groups is 1. The monoisotopic (exact) mass is 286 g/mol. The zero-order valence-corrected chi connectivity index (χ0v) is 12.4. The predicted molar refractivity (Wildman–Crippen MR) is 86.0 cm³/mol. The minimum absolute atomic E-state index is 0.0468. The van der Waals surface area contributed by atoms with Gasteiger partial charge in [-0.25, -0.2) is 0 Å². The number of hydrogen-bond donors (Lipinski definition) is 2. The minimum Gasteiger partial charge on any atom is -0.397 e. The van der Waals surface area contributed by atoms with E-state index in [1.807, 2.05) is 44.2 Å². The zero-order valence-electron chi connectivity index (χ0n) is 11.6. The van der Waals surface area contributed by atoms with Crippen LogP contribution in [0, 0.1) is 6.92 Å². The number of para-hydroxylation sites is 2. The second kappa shape index (κ2) is 6.48. The Labute approximate surface area is 123 Å². The normalized spacial score (nSPS) is 11.9. The first-order chi connectivity index (χ1) is 9.56. The summed E-state index contributed by atoms with van der Waals surface area (Å²) >= 11 is 1.54. The molecule has 0 aromatic heterocycles. The maximum absolute atomic E-state index is 12.2. The van der Waals surface area contributed by atoms with Crippen molar-refractivity contribution in [3.05, 3.63) is 54.1 Å². The van der Waals surface area contributed by atoms with Crippen LogP contribution in [-0.4, -0.2) is 11.2 Å². The third kappa shape index (κ3) is 3.78. The van der Waals surface area contributed by atoms with Crippen LogP contribution in [0.4, 0.5) is 11.4 Å². The van der Waals surface area contributed by atoms with Crippen LogP contribution in [0.2, 0.25) is 0 Å². The van der Waals surface area contributed by atoms with Crippen LogP contribution >= 0.6 is 11.8 Å². The second-order valence-electron chi connectivity index (χ2n) is 4.65. The quantitative estimate of drug-likeness (QED) is 0.665. The van der Waals surface area contributed by atoms with Gasteiger partial charge >= 0.3 is 0 Å². The fourth-order valence-corrected chi connectivity index (χ4v) is 2.78. The van der Waals surface area contributed by atoms with Gasteiger partial charge < -0.3 is 11.1 Å². The van der Waals surface area contributed by atoms with Crippen molar-refractivity contribution in [2.24, 2.45) is 0 Å². The predicted octanol–water partition coefficient (Wildman–Crippen LogP) is 3.70. The highest BCUT2D eigenvalue weighted by Gasteiger charge is 2.15. The number of benzene rings is 2. The summed E-state index contributed by atoms with van der Waals surface area (Å²) in [6.45, 7) is 3.93. The van der Waals surface area contributed by atoms with Crippen LogP contribution in [0.25, 0.3) is 0 Å². The molecule has 3 nitrogen and oxygen atoms in total. The Bertz CT molecular complexity index is 613. The molecule has 1 amide bonds. The first-order valence-corrected chi connectivity index (χ1v) is 7.33. The van der Waals surface area contributed by atoms with Crippen LogP contribution in [0.5, 0.6) is 0 Å². The average Bonchev–Trinajstić information content (AvgIpc) is 2.41. The maximum atomic E-state index is 12.2. The first kappa shape index (κ1) is 14.5. The maximum Gasteiger partial charge on any atom is 0.237 e. The molecule has 0 aliphatic rings. The number of aryl methyl sites for hydroxylation is 1. The third-order valence-corrected chi connectivity index (χ3v) is 3.98. The van der Waals surface area contributed by atoms with Gasteiger partial charge in [0, 0.05) is 4.90 Å². The van der Waals surface area contributed by atoms with Gasteiger partial charge in [-0.2, -0.15) is 0 Å². The Morgan fingerprint density at radius 1 is 1.20 bits per heavy atom. The Kier molecular flexibility index (Phi) is 4.69. The highest BCUT2D eigenvalue weighted by atomic mass is 32.2. The molecule has 0 fully saturated rings. The Balaban J connectivity index is 2.01. The molecule has 0 saturated heterocycles. The van der Waals surface area contributed by atoms with E-state index < -0.39 is 0 Å². The molecule has 2 aromatic carbocycles. The molecule has 104 valence electrons. The molecule has 2 rings (SSSR count). The average molecular weight is 286 g/mol. The summed E-state index contributed by atoms with van der Waals surface area (Å²) in [6, 6.07) is 15.4. The lowest BCUT2D eigenvalue weighted by atomic mass is 10.2. The molecule has 0 radical (unpaired) electrons. The smallest absolute Gasteiger partial charge is 0.237 e. The molecule has 0 heterocycles. The van der Waals surface area contributed by atoms with Gasteiger partial charge in [0.05, 0.1) is 16.6 Å². The number of hydrogen-bond acceptors (Lipinski definition) is 3. The molecule has 0 bridgehead atoms. The number of carbonyl (C=O) groups excluding carboxylic acids is 1. The van der Waals surface area contributed by atoms with Gasteiger partial charge in [-0.15, -0.1) is 11.8 Å². The fourth-order valence-electron chi connectivity index (χ4n) is 1.79. The minimum atomic E-state index is -0.184. The van der Waals surface area contributed by atoms with Gasteiger partial charge in [0.2, 0.25) is 5.91 Å². The Hall–Kier alpha value is -1.94. The summed E-state index contributed by atoms with van der Waals surface area (Å²) in [6.07, 6.45) is 0. The standard InChI is InChI=1S/C16H18N2OS/c1-11-6-5-7-13(10-11)20-12(2)16(19)18-15-9-4-3-8-14(15)17/h3-10,12H,17H2,1-2H3,(H,18,19). The zero-order chi connectivity index (χ0) is 14.5. The molecule has 1 unspecified atom stereocenters. The van der Waals surface area contributed by atoms with Crippen LogP contribution in [0.3, 0.4) is 0 Å². The van der Waals surface area contributed by atoms with Gasteiger partial charge in [-0.1, -0.05) is 29.8 Å². The molecule has 20 heavy (non-hydrogen) atoms. The molecule has 2 aromatic rings. The number of nitrogens with one attached hydrogen (secondary N) is 1. The second-order valence-corrected chi connectivity index (χ2v) is 6.07. The Morgan fingerprint density at radius 2 is 1.95 bits per heavy atom. The van der Waals surface area contributed by atoms with E-state index in [2.05, 4.69) is 11.4 Å². The molecular weight excluding hydrogens is 268 g/mol. The summed E-state index contributed by atoms with van der Waals surface area (Å²) in [7, 11) is 0. The van der Waals surface area contributed by atoms with E-state index in [1.165, 1.54) is 17.3 Å². The summed E-state index contributed by atoms with van der Waals surface area (Å²) in [5, 5.41) is 2.68. The van der Waals surface area contributed by atoms with Crippen molar-refractivity contribution in [2.45, 2.75) is 24.0 Å². The Morgan fingerprint density at radius 3 is 2.65 bits per heavy atom. The molecule has 4 heteroatoms. The van der Waals surface area contributed by atoms with Crippen LogP contribution in [-0.2, 0) is 4.79 Å². The van der Waals surface area contributed by atoms with Gasteiger partial charge in [0.15, 0.2) is 0 Å². The van der Waals surface area contributed by atoms with Gasteiger partial charge in [-0.3, -0.25) is 4.79 Å². The summed E-state index contributed by atoms with van der Waals surface area (Å²) < 4.78 is 0. The highest BCUT2D eigenvalue weighted by molar-refractivity contribution is 8.00. The number of thioether (sulfide) groups is 1. The molecule has 0 saturated carbocycles. The van der Waals surface area contributed by atoms with Crippen molar-refractivity contribution in [1.29, 1.82) is 0 Å². The lowest BCUT2D eigenvalue weighted by Gasteiger charge is -2.13. The van der Waals surface area contributed by atoms with E-state index >= 15 is 0 Å². The molecule has 0 aliphatic carbocycles. The van der Waals surface area contributed by atoms with Crippen molar-refractivity contribution in [3.63, 3.8) is 0 Å². The topological polar surface area (TPSA) is 55.1 Å². The van der Waals surface area contributed by atoms with E-state index in [9.17, 15) is 4.79 Å². The van der Waals surface area contributed by atoms with E-state index in [0.29, 0.717) is 11.4 Å². The molecule has 0 spiro atoms. The molecule has 3 N–H and O–H groups in total. The summed E-state index contributed by atoms with van der Waals surface area (Å²) in [5.74, 6) is -0.0468. The van der Waals surface area contributed by atoms with Crippen molar-refractivity contribution in [1.82, 2.24) is 0 Å². The van der Waals surface area contributed by atoms with Crippen LogP contribution in [0.15, 0.2) is 53.4 Å². The van der Waals surface area contributed by atoms with Gasteiger partial charge in [0.25, 0.3) is 0 Å². The molecular formula is C16H18N2OS. The van der Waals surface area contributed by atoms with E-state index in [1.54, 1.807) is 12.1 Å². The number of anilines is 2. The number of rotatable bonds is 4. The third-order valence-electron chi connectivity index (χ3n) is 2.89. The molecule has 0 aliphatic heterocycles.